The highest BCUT2D eigenvalue weighted by Crippen LogP contribution is 2.19. The Morgan fingerprint density at radius 3 is 2.58 bits per heavy atom. The second-order valence-corrected chi connectivity index (χ2v) is 4.86. The third-order valence-corrected chi connectivity index (χ3v) is 3.45. The van der Waals surface area contributed by atoms with Gasteiger partial charge in [-0.25, -0.2) is 0 Å². The van der Waals surface area contributed by atoms with Crippen molar-refractivity contribution in [2.45, 2.75) is 19.0 Å². The number of phenolic OH excluding ortho intramolecular Hbond substituents is 1. The fourth-order valence-corrected chi connectivity index (χ4v) is 2.38. The molecule has 3 rings (SSSR count). The van der Waals surface area contributed by atoms with Crippen LogP contribution in [0.3, 0.4) is 0 Å². The van der Waals surface area contributed by atoms with Gasteiger partial charge in [-0.3, -0.25) is 0 Å². The number of hydrogen-bond acceptors (Lipinski definition) is 3. The maximum absolute atomic E-state index is 9.21. The molecule has 3 nitrogen and oxygen atoms in total. The number of phenols is 1. The van der Waals surface area contributed by atoms with Gasteiger partial charge in [0, 0.05) is 12.6 Å². The number of hydrogen-bond donors (Lipinski definition) is 2. The first-order chi connectivity index (χ1) is 9.31. The summed E-state index contributed by atoms with van der Waals surface area (Å²) in [5, 5.41) is 12.7. The average molecular weight is 255 g/mol. The monoisotopic (exact) mass is 255 g/mol. The molecule has 2 aromatic carbocycles. The van der Waals surface area contributed by atoms with E-state index in [4.69, 9.17) is 4.74 Å². The largest absolute Gasteiger partial charge is 0.508 e. The molecule has 1 aliphatic rings. The summed E-state index contributed by atoms with van der Waals surface area (Å²) in [5.41, 5.74) is 2.78. The van der Waals surface area contributed by atoms with Gasteiger partial charge in [-0.15, -0.1) is 0 Å². The van der Waals surface area contributed by atoms with Crippen LogP contribution >= 0.6 is 0 Å². The first kappa shape index (κ1) is 12.1. The van der Waals surface area contributed by atoms with Gasteiger partial charge in [0.1, 0.15) is 18.1 Å². The van der Waals surface area contributed by atoms with Crippen LogP contribution in [-0.2, 0) is 13.0 Å². The molecule has 0 radical (unpaired) electrons. The van der Waals surface area contributed by atoms with E-state index in [1.54, 1.807) is 24.3 Å². The Morgan fingerprint density at radius 2 is 1.79 bits per heavy atom. The highest BCUT2D eigenvalue weighted by atomic mass is 16.5. The molecule has 1 atom stereocenters. The molecular formula is C16H17NO2. The van der Waals surface area contributed by atoms with Gasteiger partial charge in [0.15, 0.2) is 0 Å². The zero-order valence-electron chi connectivity index (χ0n) is 10.7. The van der Waals surface area contributed by atoms with Crippen molar-refractivity contribution in [3.63, 3.8) is 0 Å². The number of benzene rings is 2. The number of aromatic hydroxyl groups is 1. The molecule has 1 unspecified atom stereocenters. The van der Waals surface area contributed by atoms with Gasteiger partial charge >= 0.3 is 0 Å². The van der Waals surface area contributed by atoms with E-state index in [9.17, 15) is 5.11 Å². The van der Waals surface area contributed by atoms with E-state index < -0.39 is 0 Å². The van der Waals surface area contributed by atoms with Crippen molar-refractivity contribution in [1.29, 1.82) is 0 Å². The molecule has 1 heterocycles. The van der Waals surface area contributed by atoms with E-state index >= 15 is 0 Å². The molecule has 2 N–H and O–H groups in total. The lowest BCUT2D eigenvalue weighted by molar-refractivity contribution is 0.256. The van der Waals surface area contributed by atoms with Gasteiger partial charge in [-0.1, -0.05) is 24.3 Å². The second kappa shape index (κ2) is 5.33. The predicted octanol–water partition coefficient (Wildman–Crippen LogP) is 2.49. The normalized spacial score (nSPS) is 17.8. The molecule has 98 valence electrons. The lowest BCUT2D eigenvalue weighted by Crippen LogP contribution is -2.39. The van der Waals surface area contributed by atoms with Gasteiger partial charge in [0.2, 0.25) is 0 Å². The second-order valence-electron chi connectivity index (χ2n) is 4.86. The molecule has 1 aliphatic heterocycles. The zero-order valence-corrected chi connectivity index (χ0v) is 10.7. The van der Waals surface area contributed by atoms with Gasteiger partial charge in [-0.2, -0.15) is 0 Å². The van der Waals surface area contributed by atoms with Crippen LogP contribution in [0.5, 0.6) is 11.5 Å². The first-order valence-corrected chi connectivity index (χ1v) is 6.53. The van der Waals surface area contributed by atoms with Gasteiger partial charge in [0.05, 0.1) is 0 Å². The Morgan fingerprint density at radius 1 is 1.05 bits per heavy atom. The van der Waals surface area contributed by atoms with Crippen molar-refractivity contribution in [2.75, 3.05) is 6.61 Å². The summed E-state index contributed by atoms with van der Waals surface area (Å²) in [6, 6.07) is 15.7. The van der Waals surface area contributed by atoms with Gasteiger partial charge in [0.25, 0.3) is 0 Å². The van der Waals surface area contributed by atoms with E-state index in [1.165, 1.54) is 11.1 Å². The predicted molar refractivity (Wildman–Crippen MR) is 74.4 cm³/mol. The average Bonchev–Trinajstić information content (AvgIpc) is 2.46. The molecule has 0 saturated heterocycles. The van der Waals surface area contributed by atoms with Crippen molar-refractivity contribution >= 4 is 0 Å². The lowest BCUT2D eigenvalue weighted by atomic mass is 9.96. The molecule has 0 saturated carbocycles. The van der Waals surface area contributed by atoms with Gasteiger partial charge in [-0.05, 0) is 41.8 Å². The molecule has 0 amide bonds. The van der Waals surface area contributed by atoms with Crippen LogP contribution in [0.25, 0.3) is 0 Å². The fraction of sp³-hybridized carbons (Fsp3) is 0.250. The van der Waals surface area contributed by atoms with Crippen LogP contribution in [-0.4, -0.2) is 17.8 Å². The van der Waals surface area contributed by atoms with E-state index in [0.29, 0.717) is 12.6 Å². The standard InChI is InChI=1S/C16H17NO2/c18-15-5-7-16(8-6-15)19-11-14-9-12-3-1-2-4-13(12)10-17-14/h1-8,14,17-18H,9-11H2. The summed E-state index contributed by atoms with van der Waals surface area (Å²) in [5.74, 6) is 1.05. The molecule has 2 aromatic rings. The zero-order chi connectivity index (χ0) is 13.1. The summed E-state index contributed by atoms with van der Waals surface area (Å²) in [6.45, 7) is 1.54. The third kappa shape index (κ3) is 2.88. The Bertz CT molecular complexity index is 551. The Balaban J connectivity index is 1.59. The van der Waals surface area contributed by atoms with Crippen LogP contribution in [0.15, 0.2) is 48.5 Å². The highest BCUT2D eigenvalue weighted by molar-refractivity contribution is 5.31. The van der Waals surface area contributed by atoms with Crippen LogP contribution in [0.4, 0.5) is 0 Å². The summed E-state index contributed by atoms with van der Waals surface area (Å²) in [7, 11) is 0. The summed E-state index contributed by atoms with van der Waals surface area (Å²) in [6.07, 6.45) is 0.994. The van der Waals surface area contributed by atoms with Crippen molar-refractivity contribution < 1.29 is 9.84 Å². The molecule has 0 fully saturated rings. The van der Waals surface area contributed by atoms with Crippen molar-refractivity contribution in [2.24, 2.45) is 0 Å². The fourth-order valence-electron chi connectivity index (χ4n) is 2.38. The van der Waals surface area contributed by atoms with E-state index in [0.717, 1.165) is 18.7 Å². The highest BCUT2D eigenvalue weighted by Gasteiger charge is 2.17. The van der Waals surface area contributed by atoms with Crippen LogP contribution in [0, 0.1) is 0 Å². The number of ether oxygens (including phenoxy) is 1. The topological polar surface area (TPSA) is 41.5 Å². The molecule has 0 aliphatic carbocycles. The maximum atomic E-state index is 9.21. The van der Waals surface area contributed by atoms with E-state index in [1.807, 2.05) is 0 Å². The molecule has 0 spiro atoms. The third-order valence-electron chi connectivity index (χ3n) is 3.45. The Labute approximate surface area is 112 Å². The van der Waals surface area contributed by atoms with Gasteiger partial charge < -0.3 is 15.2 Å². The summed E-state index contributed by atoms with van der Waals surface area (Å²) >= 11 is 0. The first-order valence-electron chi connectivity index (χ1n) is 6.53. The van der Waals surface area contributed by atoms with Crippen LogP contribution in [0.1, 0.15) is 11.1 Å². The number of fused-ring (bicyclic) bond motifs is 1. The summed E-state index contributed by atoms with van der Waals surface area (Å²) in [4.78, 5) is 0. The number of nitrogens with one attached hydrogen (secondary N) is 1. The smallest absolute Gasteiger partial charge is 0.119 e. The molecule has 19 heavy (non-hydrogen) atoms. The quantitative estimate of drug-likeness (QED) is 0.885. The Kier molecular flexibility index (Phi) is 3.38. The molecule has 3 heteroatoms. The van der Waals surface area contributed by atoms with Crippen molar-refractivity contribution in [1.82, 2.24) is 5.32 Å². The van der Waals surface area contributed by atoms with E-state index in [2.05, 4.69) is 29.6 Å². The minimum Gasteiger partial charge on any atom is -0.508 e. The Hall–Kier alpha value is -2.00. The minimum absolute atomic E-state index is 0.261. The summed E-state index contributed by atoms with van der Waals surface area (Å²) < 4.78 is 5.74. The van der Waals surface area contributed by atoms with Crippen LogP contribution in [0.2, 0.25) is 0 Å². The van der Waals surface area contributed by atoms with Crippen LogP contribution < -0.4 is 10.1 Å². The molecule has 0 aromatic heterocycles. The minimum atomic E-state index is 0.261. The number of rotatable bonds is 3. The maximum Gasteiger partial charge on any atom is 0.119 e. The SMILES string of the molecule is Oc1ccc(OCC2Cc3ccccc3CN2)cc1. The molecule has 0 bridgehead atoms. The lowest BCUT2D eigenvalue weighted by Gasteiger charge is -2.26. The van der Waals surface area contributed by atoms with Crippen molar-refractivity contribution in [3.8, 4) is 11.5 Å². The molecular weight excluding hydrogens is 238 g/mol. The van der Waals surface area contributed by atoms with Crippen molar-refractivity contribution in [3.05, 3.63) is 59.7 Å². The van der Waals surface area contributed by atoms with E-state index in [-0.39, 0.29) is 5.75 Å².